The summed E-state index contributed by atoms with van der Waals surface area (Å²) in [6.07, 6.45) is 1.55. The third-order valence-corrected chi connectivity index (χ3v) is 3.44. The van der Waals surface area contributed by atoms with Gasteiger partial charge < -0.3 is 15.9 Å². The zero-order valence-electron chi connectivity index (χ0n) is 9.42. The van der Waals surface area contributed by atoms with Crippen molar-refractivity contribution in [2.45, 2.75) is 19.6 Å². The van der Waals surface area contributed by atoms with Crippen LogP contribution in [0, 0.1) is 6.92 Å². The van der Waals surface area contributed by atoms with Gasteiger partial charge in [-0.25, -0.2) is 0 Å². The van der Waals surface area contributed by atoms with Gasteiger partial charge in [0.15, 0.2) is 0 Å². The molecule has 1 atom stereocenters. The van der Waals surface area contributed by atoms with Crippen LogP contribution >= 0.6 is 11.3 Å². The fraction of sp³-hybridized carbons (Fsp3) is 0.250. The SMILES string of the molecule is Cc1ncc(CO)c([C@@H](N)c2ccsc2)c1O. The molecule has 2 rings (SSSR count). The Hall–Kier alpha value is -1.43. The van der Waals surface area contributed by atoms with E-state index in [0.717, 1.165) is 5.56 Å². The first kappa shape index (κ1) is 12.0. The highest BCUT2D eigenvalue weighted by atomic mass is 32.1. The number of aliphatic hydroxyl groups is 1. The van der Waals surface area contributed by atoms with Crippen molar-refractivity contribution >= 4 is 11.3 Å². The van der Waals surface area contributed by atoms with Crippen LogP contribution in [0.4, 0.5) is 0 Å². The van der Waals surface area contributed by atoms with Crippen LogP contribution in [0.3, 0.4) is 0 Å². The summed E-state index contributed by atoms with van der Waals surface area (Å²) in [6, 6.07) is 1.47. The number of thiophene rings is 1. The third-order valence-electron chi connectivity index (χ3n) is 2.74. The van der Waals surface area contributed by atoms with Crippen molar-refractivity contribution in [3.05, 3.63) is 45.4 Å². The van der Waals surface area contributed by atoms with Crippen LogP contribution in [0.5, 0.6) is 5.75 Å². The van der Waals surface area contributed by atoms with E-state index in [2.05, 4.69) is 4.98 Å². The van der Waals surface area contributed by atoms with Crippen molar-refractivity contribution in [1.29, 1.82) is 0 Å². The molecule has 0 saturated heterocycles. The number of hydrogen-bond acceptors (Lipinski definition) is 5. The van der Waals surface area contributed by atoms with Crippen LogP contribution < -0.4 is 5.73 Å². The molecule has 0 amide bonds. The number of aromatic nitrogens is 1. The van der Waals surface area contributed by atoms with Gasteiger partial charge in [0.1, 0.15) is 5.75 Å². The maximum absolute atomic E-state index is 10.0. The molecule has 2 heterocycles. The molecule has 17 heavy (non-hydrogen) atoms. The zero-order chi connectivity index (χ0) is 12.4. The normalized spacial score (nSPS) is 12.6. The van der Waals surface area contributed by atoms with Crippen LogP contribution in [-0.2, 0) is 6.61 Å². The van der Waals surface area contributed by atoms with Gasteiger partial charge >= 0.3 is 0 Å². The Morgan fingerprint density at radius 2 is 2.29 bits per heavy atom. The second-order valence-electron chi connectivity index (χ2n) is 3.82. The number of pyridine rings is 1. The van der Waals surface area contributed by atoms with E-state index in [1.54, 1.807) is 24.5 Å². The Labute approximate surface area is 103 Å². The summed E-state index contributed by atoms with van der Waals surface area (Å²) in [5.74, 6) is 0.0650. The molecule has 0 spiro atoms. The Morgan fingerprint density at radius 3 is 2.88 bits per heavy atom. The fourth-order valence-corrected chi connectivity index (χ4v) is 2.44. The maximum atomic E-state index is 10.0. The Kier molecular flexibility index (Phi) is 3.42. The van der Waals surface area contributed by atoms with Crippen molar-refractivity contribution in [1.82, 2.24) is 4.98 Å². The minimum absolute atomic E-state index is 0.0650. The molecule has 0 saturated carbocycles. The predicted octanol–water partition coefficient (Wildman–Crippen LogP) is 1.70. The van der Waals surface area contributed by atoms with Crippen molar-refractivity contribution in [2.75, 3.05) is 0 Å². The molecule has 0 radical (unpaired) electrons. The molecule has 4 nitrogen and oxygen atoms in total. The molecular formula is C12H14N2O2S. The van der Waals surface area contributed by atoms with Crippen molar-refractivity contribution in [3.8, 4) is 5.75 Å². The molecule has 0 unspecified atom stereocenters. The molecule has 5 heteroatoms. The van der Waals surface area contributed by atoms with E-state index in [4.69, 9.17) is 5.73 Å². The molecule has 0 aliphatic carbocycles. The Morgan fingerprint density at radius 1 is 1.53 bits per heavy atom. The van der Waals surface area contributed by atoms with Gasteiger partial charge in [0, 0.05) is 17.3 Å². The van der Waals surface area contributed by atoms with E-state index >= 15 is 0 Å². The Bertz CT molecular complexity index is 511. The van der Waals surface area contributed by atoms with Crippen molar-refractivity contribution in [2.24, 2.45) is 5.73 Å². The molecule has 0 aromatic carbocycles. The summed E-state index contributed by atoms with van der Waals surface area (Å²) >= 11 is 1.55. The summed E-state index contributed by atoms with van der Waals surface area (Å²) in [4.78, 5) is 4.01. The maximum Gasteiger partial charge on any atom is 0.142 e. The van der Waals surface area contributed by atoms with E-state index in [1.807, 2.05) is 16.8 Å². The standard InChI is InChI=1S/C12H14N2O2S/c1-7-12(16)10(9(5-15)4-14-7)11(13)8-2-3-17-6-8/h2-4,6,11,15-16H,5,13H2,1H3/t11-/m0/s1. The quantitative estimate of drug-likeness (QED) is 0.774. The second-order valence-corrected chi connectivity index (χ2v) is 4.60. The average Bonchev–Trinajstić information content (AvgIpc) is 2.85. The lowest BCUT2D eigenvalue weighted by atomic mass is 9.97. The number of nitrogens with zero attached hydrogens (tertiary/aromatic N) is 1. The van der Waals surface area contributed by atoms with E-state index in [-0.39, 0.29) is 12.4 Å². The molecule has 0 aliphatic rings. The van der Waals surface area contributed by atoms with Gasteiger partial charge in [0.25, 0.3) is 0 Å². The highest BCUT2D eigenvalue weighted by Gasteiger charge is 2.19. The largest absolute Gasteiger partial charge is 0.506 e. The number of aliphatic hydroxyl groups excluding tert-OH is 1. The lowest BCUT2D eigenvalue weighted by Crippen LogP contribution is -2.14. The number of nitrogens with two attached hydrogens (primary N) is 1. The van der Waals surface area contributed by atoms with Crippen LogP contribution in [-0.4, -0.2) is 15.2 Å². The molecule has 0 aliphatic heterocycles. The van der Waals surface area contributed by atoms with Crippen LogP contribution in [0.15, 0.2) is 23.0 Å². The first-order chi connectivity index (χ1) is 8.15. The summed E-state index contributed by atoms with van der Waals surface area (Å²) in [5, 5.41) is 23.2. The first-order valence-electron chi connectivity index (χ1n) is 5.21. The molecule has 90 valence electrons. The average molecular weight is 250 g/mol. The number of aryl methyl sites for hydroxylation is 1. The molecular weight excluding hydrogens is 236 g/mol. The van der Waals surface area contributed by atoms with Gasteiger partial charge in [-0.15, -0.1) is 0 Å². The minimum atomic E-state index is -0.440. The van der Waals surface area contributed by atoms with Gasteiger partial charge in [-0.3, -0.25) is 4.98 Å². The van der Waals surface area contributed by atoms with Crippen LogP contribution in [0.2, 0.25) is 0 Å². The molecule has 0 bridgehead atoms. The highest BCUT2D eigenvalue weighted by Crippen LogP contribution is 2.32. The summed E-state index contributed by atoms with van der Waals surface area (Å²) in [6.45, 7) is 1.52. The van der Waals surface area contributed by atoms with E-state index < -0.39 is 6.04 Å². The minimum Gasteiger partial charge on any atom is -0.506 e. The third kappa shape index (κ3) is 2.17. The van der Waals surface area contributed by atoms with Crippen LogP contribution in [0.1, 0.15) is 28.4 Å². The van der Waals surface area contributed by atoms with Gasteiger partial charge in [-0.1, -0.05) is 0 Å². The lowest BCUT2D eigenvalue weighted by molar-refractivity contribution is 0.278. The van der Waals surface area contributed by atoms with E-state index in [0.29, 0.717) is 16.8 Å². The van der Waals surface area contributed by atoms with Crippen LogP contribution in [0.25, 0.3) is 0 Å². The fourth-order valence-electron chi connectivity index (χ4n) is 1.74. The molecule has 2 aromatic heterocycles. The highest BCUT2D eigenvalue weighted by molar-refractivity contribution is 7.08. The number of rotatable bonds is 3. The summed E-state index contributed by atoms with van der Waals surface area (Å²) in [5.41, 5.74) is 8.67. The van der Waals surface area contributed by atoms with Gasteiger partial charge in [-0.2, -0.15) is 11.3 Å². The predicted molar refractivity (Wildman–Crippen MR) is 66.9 cm³/mol. The smallest absolute Gasteiger partial charge is 0.142 e. The van der Waals surface area contributed by atoms with Crippen molar-refractivity contribution in [3.63, 3.8) is 0 Å². The molecule has 2 aromatic rings. The summed E-state index contributed by atoms with van der Waals surface area (Å²) in [7, 11) is 0. The Balaban J connectivity index is 2.53. The number of aromatic hydroxyl groups is 1. The topological polar surface area (TPSA) is 79.4 Å². The molecule has 4 N–H and O–H groups in total. The lowest BCUT2D eigenvalue weighted by Gasteiger charge is -2.17. The summed E-state index contributed by atoms with van der Waals surface area (Å²) < 4.78 is 0. The molecule has 0 fully saturated rings. The van der Waals surface area contributed by atoms with Crippen molar-refractivity contribution < 1.29 is 10.2 Å². The zero-order valence-corrected chi connectivity index (χ0v) is 10.2. The van der Waals surface area contributed by atoms with E-state index in [9.17, 15) is 10.2 Å². The first-order valence-corrected chi connectivity index (χ1v) is 6.15. The second kappa shape index (κ2) is 4.83. The van der Waals surface area contributed by atoms with E-state index in [1.165, 1.54) is 0 Å². The number of hydrogen-bond donors (Lipinski definition) is 3. The van der Waals surface area contributed by atoms with Gasteiger partial charge in [0.05, 0.1) is 18.3 Å². The van der Waals surface area contributed by atoms with Gasteiger partial charge in [0.2, 0.25) is 0 Å². The monoisotopic (exact) mass is 250 g/mol. The van der Waals surface area contributed by atoms with Gasteiger partial charge in [-0.05, 0) is 29.3 Å².